The van der Waals surface area contributed by atoms with Gasteiger partial charge in [-0.15, -0.1) is 0 Å². The molecule has 2 atom stereocenters. The van der Waals surface area contributed by atoms with Crippen LogP contribution in [0.5, 0.6) is 0 Å². The summed E-state index contributed by atoms with van der Waals surface area (Å²) in [5.41, 5.74) is 2.20. The van der Waals surface area contributed by atoms with Gasteiger partial charge in [-0.2, -0.15) is 4.99 Å². The van der Waals surface area contributed by atoms with Gasteiger partial charge < -0.3 is 4.90 Å². The van der Waals surface area contributed by atoms with Crippen molar-refractivity contribution in [3.63, 3.8) is 0 Å². The number of amides is 1. The predicted octanol–water partition coefficient (Wildman–Crippen LogP) is 4.07. The van der Waals surface area contributed by atoms with Gasteiger partial charge in [0.2, 0.25) is 0 Å². The van der Waals surface area contributed by atoms with E-state index in [1.54, 1.807) is 0 Å². The first-order chi connectivity index (χ1) is 13.4. The Bertz CT molecular complexity index is 830. The van der Waals surface area contributed by atoms with E-state index in [-0.39, 0.29) is 34.6 Å². The van der Waals surface area contributed by atoms with Crippen LogP contribution in [0.2, 0.25) is 0 Å². The molecule has 7 heteroatoms. The van der Waals surface area contributed by atoms with E-state index in [1.165, 1.54) is 17.3 Å². The van der Waals surface area contributed by atoms with Crippen molar-refractivity contribution < 1.29 is 13.2 Å². The topological polar surface area (TPSA) is 66.8 Å². The van der Waals surface area contributed by atoms with Gasteiger partial charge in [0, 0.05) is 16.9 Å². The lowest BCUT2D eigenvalue weighted by molar-refractivity contribution is -0.121. The van der Waals surface area contributed by atoms with Crippen molar-refractivity contribution in [2.75, 3.05) is 16.4 Å². The van der Waals surface area contributed by atoms with Crippen LogP contribution in [-0.2, 0) is 21.1 Å². The van der Waals surface area contributed by atoms with Gasteiger partial charge in [0.05, 0.1) is 17.5 Å². The number of thioether (sulfide) groups is 1. The molecule has 2 fully saturated rings. The molecule has 5 nitrogen and oxygen atoms in total. The van der Waals surface area contributed by atoms with Gasteiger partial charge in [0.15, 0.2) is 15.0 Å². The number of unbranched alkanes of at least 4 members (excludes halogenated alkanes) is 1. The summed E-state index contributed by atoms with van der Waals surface area (Å²) in [7, 11) is -3.05. The average Bonchev–Trinajstić information content (AvgIpc) is 3.12. The molecule has 2 aliphatic rings. The first-order valence-electron chi connectivity index (χ1n) is 10.3. The summed E-state index contributed by atoms with van der Waals surface area (Å²) in [5.74, 6) is 0.113. The van der Waals surface area contributed by atoms with Crippen LogP contribution in [0.3, 0.4) is 0 Å². The third kappa shape index (κ3) is 4.62. The molecule has 0 spiro atoms. The van der Waals surface area contributed by atoms with E-state index >= 15 is 0 Å². The lowest BCUT2D eigenvalue weighted by Gasteiger charge is -2.25. The molecule has 0 unspecified atom stereocenters. The highest BCUT2D eigenvalue weighted by Crippen LogP contribution is 2.41. The van der Waals surface area contributed by atoms with Gasteiger partial charge in [-0.3, -0.25) is 4.79 Å². The van der Waals surface area contributed by atoms with Crippen molar-refractivity contribution in [2.45, 2.75) is 64.2 Å². The van der Waals surface area contributed by atoms with Crippen LogP contribution >= 0.6 is 11.8 Å². The lowest BCUT2D eigenvalue weighted by atomic mass is 10.0. The molecule has 28 heavy (non-hydrogen) atoms. The highest BCUT2D eigenvalue weighted by molar-refractivity contribution is 8.16. The molecule has 2 saturated heterocycles. The molecular weight excluding hydrogens is 392 g/mol. The van der Waals surface area contributed by atoms with Gasteiger partial charge in [0.1, 0.15) is 0 Å². The number of carbonyl (C=O) groups is 1. The number of sulfone groups is 1. The zero-order chi connectivity index (χ0) is 20.3. The molecule has 0 N–H and O–H groups in total. The second-order valence-electron chi connectivity index (χ2n) is 7.69. The van der Waals surface area contributed by atoms with Crippen molar-refractivity contribution in [3.05, 3.63) is 29.8 Å². The molecule has 0 aromatic heterocycles. The monoisotopic (exact) mass is 422 g/mol. The predicted molar refractivity (Wildman–Crippen MR) is 118 cm³/mol. The zero-order valence-corrected chi connectivity index (χ0v) is 18.6. The summed E-state index contributed by atoms with van der Waals surface area (Å²) in [6.45, 7) is 6.18. The standard InChI is InChI=1S/C21H30N2O3S2/c1-4-7-8-15-9-11-17(12-10-15)23-18-13-28(25,26)14-19(18)27-21(23)22-20(24)16(5-2)6-3/h9-12,16,18-19H,4-8,13-14H2,1-3H3/t18-,19-/m0/s1. The Morgan fingerprint density at radius 3 is 2.46 bits per heavy atom. The Morgan fingerprint density at radius 2 is 1.86 bits per heavy atom. The van der Waals surface area contributed by atoms with Crippen LogP contribution in [-0.4, -0.2) is 42.3 Å². The second kappa shape index (κ2) is 8.99. The summed E-state index contributed by atoms with van der Waals surface area (Å²) < 4.78 is 24.4. The molecule has 0 radical (unpaired) electrons. The van der Waals surface area contributed by atoms with Gasteiger partial charge in [-0.25, -0.2) is 8.42 Å². The molecule has 0 aliphatic carbocycles. The van der Waals surface area contributed by atoms with Crippen LogP contribution < -0.4 is 4.90 Å². The summed E-state index contributed by atoms with van der Waals surface area (Å²) in [6.07, 6.45) is 4.88. The van der Waals surface area contributed by atoms with Crippen LogP contribution in [0.25, 0.3) is 0 Å². The van der Waals surface area contributed by atoms with Crippen molar-refractivity contribution in [2.24, 2.45) is 10.9 Å². The van der Waals surface area contributed by atoms with Crippen LogP contribution in [0.1, 0.15) is 52.0 Å². The van der Waals surface area contributed by atoms with Crippen molar-refractivity contribution in [3.8, 4) is 0 Å². The van der Waals surface area contributed by atoms with Gasteiger partial charge in [0.25, 0.3) is 5.91 Å². The molecular formula is C21H30N2O3S2. The molecule has 2 heterocycles. The number of aryl methyl sites for hydroxylation is 1. The van der Waals surface area contributed by atoms with Crippen LogP contribution in [0, 0.1) is 5.92 Å². The molecule has 1 amide bonds. The minimum atomic E-state index is -3.05. The largest absolute Gasteiger partial charge is 0.316 e. The number of rotatable bonds is 7. The Kier molecular flexibility index (Phi) is 6.86. The molecule has 0 saturated carbocycles. The number of amidine groups is 1. The molecule has 3 rings (SSSR count). The van der Waals surface area contributed by atoms with Gasteiger partial charge in [-0.05, 0) is 43.4 Å². The first-order valence-corrected chi connectivity index (χ1v) is 13.0. The van der Waals surface area contributed by atoms with E-state index < -0.39 is 9.84 Å². The highest BCUT2D eigenvalue weighted by atomic mass is 32.2. The SMILES string of the molecule is CCCCc1ccc(N2C(=NC(=O)C(CC)CC)S[C@H]3CS(=O)(=O)C[C@@H]32)cc1. The smallest absolute Gasteiger partial charge is 0.251 e. The van der Waals surface area contributed by atoms with E-state index in [0.29, 0.717) is 5.17 Å². The molecule has 1 aromatic rings. The van der Waals surface area contributed by atoms with Gasteiger partial charge >= 0.3 is 0 Å². The molecule has 1 aromatic carbocycles. The van der Waals surface area contributed by atoms with E-state index in [4.69, 9.17) is 0 Å². The van der Waals surface area contributed by atoms with Gasteiger partial charge in [-0.1, -0.05) is 51.1 Å². The maximum atomic E-state index is 12.6. The average molecular weight is 423 g/mol. The number of nitrogens with zero attached hydrogens (tertiary/aromatic N) is 2. The minimum Gasteiger partial charge on any atom is -0.316 e. The van der Waals surface area contributed by atoms with E-state index in [1.807, 2.05) is 30.9 Å². The number of carbonyl (C=O) groups excluding carboxylic acids is 1. The van der Waals surface area contributed by atoms with Crippen molar-refractivity contribution in [1.29, 1.82) is 0 Å². The third-order valence-electron chi connectivity index (χ3n) is 5.64. The highest BCUT2D eigenvalue weighted by Gasteiger charge is 2.49. The number of hydrogen-bond acceptors (Lipinski definition) is 4. The fourth-order valence-corrected chi connectivity index (χ4v) is 7.81. The number of fused-ring (bicyclic) bond motifs is 1. The Hall–Kier alpha value is -1.34. The number of aliphatic imine (C=N–C) groups is 1. The quantitative estimate of drug-likeness (QED) is 0.663. The lowest BCUT2D eigenvalue weighted by Crippen LogP contribution is -2.37. The number of anilines is 1. The molecule has 2 aliphatic heterocycles. The Balaban J connectivity index is 1.91. The summed E-state index contributed by atoms with van der Waals surface area (Å²) in [6, 6.07) is 8.13. The second-order valence-corrected chi connectivity index (χ2v) is 11.0. The van der Waals surface area contributed by atoms with Crippen LogP contribution in [0.15, 0.2) is 29.3 Å². The normalized spacial score (nSPS) is 24.9. The van der Waals surface area contributed by atoms with Crippen molar-refractivity contribution in [1.82, 2.24) is 0 Å². The first kappa shape index (κ1) is 21.4. The van der Waals surface area contributed by atoms with E-state index in [0.717, 1.165) is 37.8 Å². The Labute approximate surface area is 172 Å². The molecule has 154 valence electrons. The fraction of sp³-hybridized carbons (Fsp3) is 0.619. The minimum absolute atomic E-state index is 0.0574. The fourth-order valence-electron chi connectivity index (χ4n) is 3.89. The zero-order valence-electron chi connectivity index (χ0n) is 16.9. The third-order valence-corrected chi connectivity index (χ3v) is 8.85. The van der Waals surface area contributed by atoms with E-state index in [2.05, 4.69) is 24.0 Å². The summed E-state index contributed by atoms with van der Waals surface area (Å²) in [4.78, 5) is 19.1. The summed E-state index contributed by atoms with van der Waals surface area (Å²) in [5, 5.41) is 0.598. The molecule has 0 bridgehead atoms. The summed E-state index contributed by atoms with van der Waals surface area (Å²) >= 11 is 1.45. The van der Waals surface area contributed by atoms with Crippen LogP contribution in [0.4, 0.5) is 5.69 Å². The number of hydrogen-bond donors (Lipinski definition) is 0. The maximum Gasteiger partial charge on any atom is 0.251 e. The van der Waals surface area contributed by atoms with Crippen molar-refractivity contribution >= 4 is 38.4 Å². The Morgan fingerprint density at radius 1 is 1.18 bits per heavy atom. The number of benzene rings is 1. The maximum absolute atomic E-state index is 12.6. The van der Waals surface area contributed by atoms with E-state index in [9.17, 15) is 13.2 Å².